The van der Waals surface area contributed by atoms with Crippen molar-refractivity contribution >= 4 is 27.5 Å². The summed E-state index contributed by atoms with van der Waals surface area (Å²) in [5, 5.41) is 1.12. The molecule has 0 radical (unpaired) electrons. The molecule has 0 spiro atoms. The van der Waals surface area contributed by atoms with Crippen molar-refractivity contribution in [1.82, 2.24) is 9.88 Å². The fourth-order valence-corrected chi connectivity index (χ4v) is 2.46. The summed E-state index contributed by atoms with van der Waals surface area (Å²) in [7, 11) is 3.52. The van der Waals surface area contributed by atoms with Crippen molar-refractivity contribution in [3.63, 3.8) is 0 Å². The van der Waals surface area contributed by atoms with Crippen molar-refractivity contribution < 1.29 is 4.79 Å². The second-order valence-electron chi connectivity index (χ2n) is 3.84. The van der Waals surface area contributed by atoms with Crippen molar-refractivity contribution in [3.05, 3.63) is 28.8 Å². The summed E-state index contributed by atoms with van der Waals surface area (Å²) in [6.45, 7) is 2.09. The lowest BCUT2D eigenvalue weighted by molar-refractivity contribution is 0.0828. The summed E-state index contributed by atoms with van der Waals surface area (Å²) in [5.74, 6) is 0.0355. The number of benzene rings is 1. The Kier molecular flexibility index (Phi) is 2.92. The first kappa shape index (κ1) is 11.1. The molecule has 0 saturated carbocycles. The second kappa shape index (κ2) is 4.22. The summed E-state index contributed by atoms with van der Waals surface area (Å²) >= 11 is 1.66. The first-order valence-corrected chi connectivity index (χ1v) is 6.04. The van der Waals surface area contributed by atoms with E-state index >= 15 is 0 Å². The first-order chi connectivity index (χ1) is 7.61. The van der Waals surface area contributed by atoms with E-state index < -0.39 is 0 Å². The van der Waals surface area contributed by atoms with Crippen molar-refractivity contribution in [1.29, 1.82) is 0 Å². The van der Waals surface area contributed by atoms with Crippen LogP contribution in [0.5, 0.6) is 0 Å². The maximum atomic E-state index is 11.8. The molecule has 3 nitrogen and oxygen atoms in total. The first-order valence-electron chi connectivity index (χ1n) is 5.23. The minimum Gasteiger partial charge on any atom is -0.345 e. The molecule has 4 heteroatoms. The van der Waals surface area contributed by atoms with Crippen LogP contribution < -0.4 is 0 Å². The standard InChI is InChI=1S/C12H14N2OS/c1-4-11-13-9-6-5-8(7-10(9)16-11)12(15)14(2)3/h5-7H,4H2,1-3H3. The Morgan fingerprint density at radius 3 is 2.81 bits per heavy atom. The van der Waals surface area contributed by atoms with Crippen LogP contribution in [0.3, 0.4) is 0 Å². The molecule has 0 saturated heterocycles. The largest absolute Gasteiger partial charge is 0.345 e. The number of fused-ring (bicyclic) bond motifs is 1. The van der Waals surface area contributed by atoms with Crippen LogP contribution in [0.15, 0.2) is 18.2 Å². The van der Waals surface area contributed by atoms with Gasteiger partial charge in [0.15, 0.2) is 0 Å². The van der Waals surface area contributed by atoms with Crippen LogP contribution in [0.4, 0.5) is 0 Å². The molecule has 0 fully saturated rings. The Labute approximate surface area is 98.7 Å². The molecule has 1 aromatic carbocycles. The number of amides is 1. The predicted octanol–water partition coefficient (Wildman–Crippen LogP) is 2.56. The molecule has 16 heavy (non-hydrogen) atoms. The van der Waals surface area contributed by atoms with Crippen molar-refractivity contribution in [2.75, 3.05) is 14.1 Å². The predicted molar refractivity (Wildman–Crippen MR) is 67.0 cm³/mol. The van der Waals surface area contributed by atoms with E-state index in [9.17, 15) is 4.79 Å². The zero-order valence-electron chi connectivity index (χ0n) is 9.65. The zero-order chi connectivity index (χ0) is 11.7. The molecule has 0 bridgehead atoms. The van der Waals surface area contributed by atoms with Gasteiger partial charge in [-0.3, -0.25) is 4.79 Å². The summed E-state index contributed by atoms with van der Waals surface area (Å²) in [5.41, 5.74) is 1.71. The van der Waals surface area contributed by atoms with Gasteiger partial charge in [0.1, 0.15) is 0 Å². The van der Waals surface area contributed by atoms with Crippen molar-refractivity contribution in [2.45, 2.75) is 13.3 Å². The number of rotatable bonds is 2. The Morgan fingerprint density at radius 1 is 1.44 bits per heavy atom. The average molecular weight is 234 g/mol. The summed E-state index contributed by atoms with van der Waals surface area (Å²) in [6, 6.07) is 5.68. The molecule has 0 atom stereocenters. The number of nitrogens with zero attached hydrogens (tertiary/aromatic N) is 2. The second-order valence-corrected chi connectivity index (χ2v) is 4.96. The quantitative estimate of drug-likeness (QED) is 0.800. The maximum Gasteiger partial charge on any atom is 0.253 e. The molecule has 0 aliphatic rings. The van der Waals surface area contributed by atoms with Gasteiger partial charge in [-0.25, -0.2) is 4.98 Å². The molecular formula is C12H14N2OS. The molecule has 1 amide bonds. The van der Waals surface area contributed by atoms with E-state index in [2.05, 4.69) is 11.9 Å². The number of carbonyl (C=O) groups is 1. The van der Waals surface area contributed by atoms with Gasteiger partial charge in [0.25, 0.3) is 5.91 Å². The van der Waals surface area contributed by atoms with Crippen molar-refractivity contribution in [2.24, 2.45) is 0 Å². The van der Waals surface area contributed by atoms with Gasteiger partial charge in [0.2, 0.25) is 0 Å². The maximum absolute atomic E-state index is 11.8. The molecule has 0 aliphatic carbocycles. The highest BCUT2D eigenvalue weighted by atomic mass is 32.1. The van der Waals surface area contributed by atoms with Gasteiger partial charge in [-0.2, -0.15) is 0 Å². The highest BCUT2D eigenvalue weighted by molar-refractivity contribution is 7.18. The smallest absolute Gasteiger partial charge is 0.253 e. The van der Waals surface area contributed by atoms with E-state index in [1.807, 2.05) is 18.2 Å². The summed E-state index contributed by atoms with van der Waals surface area (Å²) < 4.78 is 1.09. The molecule has 0 aliphatic heterocycles. The van der Waals surface area contributed by atoms with Gasteiger partial charge in [0, 0.05) is 19.7 Å². The Bertz CT molecular complexity index is 531. The van der Waals surface area contributed by atoms with E-state index in [-0.39, 0.29) is 5.91 Å². The molecule has 84 valence electrons. The van der Waals surface area contributed by atoms with Gasteiger partial charge in [-0.1, -0.05) is 6.92 Å². The lowest BCUT2D eigenvalue weighted by atomic mass is 10.2. The Morgan fingerprint density at radius 2 is 2.19 bits per heavy atom. The van der Waals surface area contributed by atoms with Crippen LogP contribution in [-0.2, 0) is 6.42 Å². The minimum absolute atomic E-state index is 0.0355. The average Bonchev–Trinajstić information content (AvgIpc) is 2.69. The Balaban J connectivity index is 2.47. The van der Waals surface area contributed by atoms with E-state index in [1.54, 1.807) is 30.3 Å². The molecule has 2 aromatic rings. The van der Waals surface area contributed by atoms with Gasteiger partial charge < -0.3 is 4.90 Å². The van der Waals surface area contributed by atoms with Crippen LogP contribution in [-0.4, -0.2) is 29.9 Å². The van der Waals surface area contributed by atoms with Crippen LogP contribution >= 0.6 is 11.3 Å². The number of hydrogen-bond acceptors (Lipinski definition) is 3. The topological polar surface area (TPSA) is 33.2 Å². The lowest BCUT2D eigenvalue weighted by Crippen LogP contribution is -2.21. The van der Waals surface area contributed by atoms with Gasteiger partial charge in [-0.05, 0) is 24.6 Å². The molecule has 2 rings (SSSR count). The number of thiazole rings is 1. The van der Waals surface area contributed by atoms with Crippen LogP contribution in [0, 0.1) is 0 Å². The van der Waals surface area contributed by atoms with Crippen molar-refractivity contribution in [3.8, 4) is 0 Å². The number of aromatic nitrogens is 1. The Hall–Kier alpha value is -1.42. The van der Waals surface area contributed by atoms with E-state index in [0.717, 1.165) is 27.2 Å². The molecule has 1 heterocycles. The fraction of sp³-hybridized carbons (Fsp3) is 0.333. The number of aryl methyl sites for hydroxylation is 1. The highest BCUT2D eigenvalue weighted by Crippen LogP contribution is 2.23. The number of carbonyl (C=O) groups excluding carboxylic acids is 1. The van der Waals surface area contributed by atoms with E-state index in [4.69, 9.17) is 0 Å². The normalized spacial score (nSPS) is 10.7. The van der Waals surface area contributed by atoms with Crippen LogP contribution in [0.25, 0.3) is 10.2 Å². The monoisotopic (exact) mass is 234 g/mol. The zero-order valence-corrected chi connectivity index (χ0v) is 10.5. The summed E-state index contributed by atoms with van der Waals surface area (Å²) in [4.78, 5) is 17.8. The lowest BCUT2D eigenvalue weighted by Gasteiger charge is -2.09. The van der Waals surface area contributed by atoms with E-state index in [1.165, 1.54) is 0 Å². The molecular weight excluding hydrogens is 220 g/mol. The molecule has 0 unspecified atom stereocenters. The van der Waals surface area contributed by atoms with Crippen LogP contribution in [0.1, 0.15) is 22.3 Å². The third-order valence-corrected chi connectivity index (χ3v) is 3.55. The highest BCUT2D eigenvalue weighted by Gasteiger charge is 2.10. The van der Waals surface area contributed by atoms with Crippen LogP contribution in [0.2, 0.25) is 0 Å². The minimum atomic E-state index is 0.0355. The van der Waals surface area contributed by atoms with Gasteiger partial charge in [0.05, 0.1) is 15.2 Å². The molecule has 1 aromatic heterocycles. The third-order valence-electron chi connectivity index (χ3n) is 2.39. The van der Waals surface area contributed by atoms with Gasteiger partial charge in [-0.15, -0.1) is 11.3 Å². The van der Waals surface area contributed by atoms with E-state index in [0.29, 0.717) is 0 Å². The SMILES string of the molecule is CCc1nc2ccc(C(=O)N(C)C)cc2s1. The number of hydrogen-bond donors (Lipinski definition) is 0. The van der Waals surface area contributed by atoms with Gasteiger partial charge >= 0.3 is 0 Å². The molecule has 0 N–H and O–H groups in total. The third kappa shape index (κ3) is 1.93. The summed E-state index contributed by atoms with van der Waals surface area (Å²) in [6.07, 6.45) is 0.941. The fourth-order valence-electron chi connectivity index (χ4n) is 1.51.